The third-order valence-corrected chi connectivity index (χ3v) is 4.88. The third kappa shape index (κ3) is 4.04. The maximum absolute atomic E-state index is 12.5. The van der Waals surface area contributed by atoms with Crippen LogP contribution in [0.1, 0.15) is 36.9 Å². The van der Waals surface area contributed by atoms with Crippen LogP contribution in [0, 0.1) is 12.8 Å². The van der Waals surface area contributed by atoms with E-state index >= 15 is 0 Å². The molecule has 3 rings (SSSR count). The minimum Gasteiger partial charge on any atom is -0.352 e. The zero-order chi connectivity index (χ0) is 16.9. The second-order valence-corrected chi connectivity index (χ2v) is 6.79. The highest BCUT2D eigenvalue weighted by molar-refractivity contribution is 5.81. The van der Waals surface area contributed by atoms with Crippen LogP contribution in [0.5, 0.6) is 0 Å². The fraction of sp³-hybridized carbons (Fsp3) is 0.611. The smallest absolute Gasteiger partial charge is 0.320 e. The van der Waals surface area contributed by atoms with Crippen molar-refractivity contribution in [1.82, 2.24) is 20.1 Å². The number of piperidine rings is 1. The molecule has 3 heterocycles. The Kier molecular flexibility index (Phi) is 5.33. The lowest BCUT2D eigenvalue weighted by molar-refractivity contribution is -0.126. The molecule has 0 spiro atoms. The van der Waals surface area contributed by atoms with Crippen molar-refractivity contribution in [1.29, 1.82) is 0 Å². The van der Waals surface area contributed by atoms with Crippen molar-refractivity contribution < 1.29 is 9.59 Å². The van der Waals surface area contributed by atoms with Gasteiger partial charge in [-0.1, -0.05) is 6.07 Å². The molecule has 2 aliphatic rings. The van der Waals surface area contributed by atoms with Crippen LogP contribution < -0.4 is 5.32 Å². The highest BCUT2D eigenvalue weighted by Gasteiger charge is 2.31. The largest absolute Gasteiger partial charge is 0.352 e. The maximum atomic E-state index is 12.5. The van der Waals surface area contributed by atoms with Gasteiger partial charge in [0.25, 0.3) is 0 Å². The number of aromatic nitrogens is 1. The summed E-state index contributed by atoms with van der Waals surface area (Å²) in [4.78, 5) is 32.9. The fourth-order valence-corrected chi connectivity index (χ4v) is 3.41. The molecule has 6 nitrogen and oxygen atoms in total. The van der Waals surface area contributed by atoms with Crippen LogP contribution in [0.25, 0.3) is 0 Å². The number of hydrogen-bond donors (Lipinski definition) is 1. The molecule has 1 atom stereocenters. The summed E-state index contributed by atoms with van der Waals surface area (Å²) in [6.45, 7) is 5.44. The van der Waals surface area contributed by atoms with Crippen LogP contribution in [0.4, 0.5) is 4.79 Å². The van der Waals surface area contributed by atoms with Gasteiger partial charge >= 0.3 is 6.03 Å². The molecule has 0 bridgehead atoms. The molecule has 1 aromatic heterocycles. The summed E-state index contributed by atoms with van der Waals surface area (Å²) in [7, 11) is 0. The standard InChI is InChI=1S/C18H26N4O2/c1-14-6-7-15(11-19-14)12-20-17(23)16-5-4-10-22(13-16)18(24)21-8-2-3-9-21/h6-7,11,16H,2-5,8-10,12-13H2,1H3,(H,20,23)/t16-/m0/s1. The van der Waals surface area contributed by atoms with E-state index in [4.69, 9.17) is 0 Å². The number of carbonyl (C=O) groups excluding carboxylic acids is 2. The van der Waals surface area contributed by atoms with Crippen molar-refractivity contribution in [3.63, 3.8) is 0 Å². The lowest BCUT2D eigenvalue weighted by Crippen LogP contribution is -2.49. The van der Waals surface area contributed by atoms with Crippen molar-refractivity contribution in [3.05, 3.63) is 29.6 Å². The minimum absolute atomic E-state index is 0.0366. The van der Waals surface area contributed by atoms with Gasteiger partial charge in [0.15, 0.2) is 0 Å². The molecule has 130 valence electrons. The molecule has 1 N–H and O–H groups in total. The lowest BCUT2D eigenvalue weighted by Gasteiger charge is -2.34. The number of likely N-dealkylation sites (tertiary alicyclic amines) is 2. The number of nitrogens with zero attached hydrogens (tertiary/aromatic N) is 3. The van der Waals surface area contributed by atoms with E-state index in [9.17, 15) is 9.59 Å². The summed E-state index contributed by atoms with van der Waals surface area (Å²) < 4.78 is 0. The van der Waals surface area contributed by atoms with Crippen LogP contribution in [-0.2, 0) is 11.3 Å². The van der Waals surface area contributed by atoms with Gasteiger partial charge in [-0.15, -0.1) is 0 Å². The van der Waals surface area contributed by atoms with E-state index < -0.39 is 0 Å². The predicted octanol–water partition coefficient (Wildman–Crippen LogP) is 1.93. The Bertz CT molecular complexity index is 581. The molecule has 0 aliphatic carbocycles. The molecule has 1 aromatic rings. The quantitative estimate of drug-likeness (QED) is 0.921. The van der Waals surface area contributed by atoms with Crippen molar-refractivity contribution in [3.8, 4) is 0 Å². The SMILES string of the molecule is Cc1ccc(CNC(=O)[C@H]2CCCN(C(=O)N3CCCC3)C2)cn1. The molecule has 2 fully saturated rings. The molecular formula is C18H26N4O2. The van der Waals surface area contributed by atoms with Crippen LogP contribution >= 0.6 is 0 Å². The topological polar surface area (TPSA) is 65.5 Å². The van der Waals surface area contributed by atoms with E-state index in [1.54, 1.807) is 6.20 Å². The van der Waals surface area contributed by atoms with Crippen LogP contribution in [0.3, 0.4) is 0 Å². The number of rotatable bonds is 3. The number of amides is 3. The monoisotopic (exact) mass is 330 g/mol. The average molecular weight is 330 g/mol. The second kappa shape index (κ2) is 7.64. The maximum Gasteiger partial charge on any atom is 0.320 e. The van der Waals surface area contributed by atoms with Gasteiger partial charge in [0.1, 0.15) is 0 Å². The lowest BCUT2D eigenvalue weighted by atomic mass is 9.97. The summed E-state index contributed by atoms with van der Waals surface area (Å²) in [6.07, 6.45) is 5.72. The van der Waals surface area contributed by atoms with Gasteiger partial charge in [0, 0.05) is 44.6 Å². The number of pyridine rings is 1. The molecule has 2 saturated heterocycles. The Hall–Kier alpha value is -2.11. The summed E-state index contributed by atoms with van der Waals surface area (Å²) >= 11 is 0. The highest BCUT2D eigenvalue weighted by atomic mass is 16.2. The van der Waals surface area contributed by atoms with Gasteiger partial charge in [-0.25, -0.2) is 4.79 Å². The summed E-state index contributed by atoms with van der Waals surface area (Å²) in [6, 6.07) is 4.03. The Morgan fingerprint density at radius 2 is 1.92 bits per heavy atom. The first-order chi connectivity index (χ1) is 11.6. The van der Waals surface area contributed by atoms with Crippen molar-refractivity contribution in [2.45, 2.75) is 39.2 Å². The van der Waals surface area contributed by atoms with E-state index in [0.29, 0.717) is 13.1 Å². The van der Waals surface area contributed by atoms with Gasteiger partial charge < -0.3 is 15.1 Å². The minimum atomic E-state index is -0.108. The molecule has 3 amide bonds. The van der Waals surface area contributed by atoms with Crippen LogP contribution in [0.2, 0.25) is 0 Å². The van der Waals surface area contributed by atoms with Gasteiger partial charge in [-0.2, -0.15) is 0 Å². The van der Waals surface area contributed by atoms with Gasteiger partial charge in [0.05, 0.1) is 5.92 Å². The van der Waals surface area contributed by atoms with Crippen molar-refractivity contribution >= 4 is 11.9 Å². The highest BCUT2D eigenvalue weighted by Crippen LogP contribution is 2.20. The van der Waals surface area contributed by atoms with Crippen LogP contribution in [0.15, 0.2) is 18.3 Å². The first-order valence-electron chi connectivity index (χ1n) is 8.86. The molecule has 6 heteroatoms. The zero-order valence-electron chi connectivity index (χ0n) is 14.3. The van der Waals surface area contributed by atoms with Gasteiger partial charge in [-0.05, 0) is 44.2 Å². The Morgan fingerprint density at radius 1 is 1.17 bits per heavy atom. The van der Waals surface area contributed by atoms with E-state index in [2.05, 4.69) is 10.3 Å². The number of aryl methyl sites for hydroxylation is 1. The first-order valence-corrected chi connectivity index (χ1v) is 8.86. The number of urea groups is 1. The Balaban J connectivity index is 1.51. The predicted molar refractivity (Wildman–Crippen MR) is 91.3 cm³/mol. The Morgan fingerprint density at radius 3 is 2.62 bits per heavy atom. The van der Waals surface area contributed by atoms with Gasteiger partial charge in [-0.3, -0.25) is 9.78 Å². The van der Waals surface area contributed by atoms with Crippen molar-refractivity contribution in [2.75, 3.05) is 26.2 Å². The van der Waals surface area contributed by atoms with E-state index in [-0.39, 0.29) is 17.9 Å². The molecule has 0 aromatic carbocycles. The number of carbonyl (C=O) groups is 2. The fourth-order valence-electron chi connectivity index (χ4n) is 3.41. The average Bonchev–Trinajstić information content (AvgIpc) is 3.15. The number of hydrogen-bond acceptors (Lipinski definition) is 3. The summed E-state index contributed by atoms with van der Waals surface area (Å²) in [5.41, 5.74) is 1.96. The molecule has 2 aliphatic heterocycles. The van der Waals surface area contributed by atoms with E-state index in [0.717, 1.165) is 56.6 Å². The molecule has 0 saturated carbocycles. The normalized spacial score (nSPS) is 21.0. The van der Waals surface area contributed by atoms with Gasteiger partial charge in [0.2, 0.25) is 5.91 Å². The number of nitrogens with one attached hydrogen (secondary N) is 1. The molecule has 0 radical (unpaired) electrons. The molecule has 0 unspecified atom stereocenters. The first kappa shape index (κ1) is 16.7. The van der Waals surface area contributed by atoms with Crippen molar-refractivity contribution in [2.24, 2.45) is 5.92 Å². The second-order valence-electron chi connectivity index (χ2n) is 6.79. The summed E-state index contributed by atoms with van der Waals surface area (Å²) in [5, 5.41) is 2.99. The molecule has 24 heavy (non-hydrogen) atoms. The third-order valence-electron chi connectivity index (χ3n) is 4.88. The van der Waals surface area contributed by atoms with E-state index in [1.807, 2.05) is 28.9 Å². The Labute approximate surface area is 143 Å². The summed E-state index contributed by atoms with van der Waals surface area (Å²) in [5.74, 6) is -0.0711. The van der Waals surface area contributed by atoms with E-state index in [1.165, 1.54) is 0 Å². The molecular weight excluding hydrogens is 304 g/mol. The zero-order valence-corrected chi connectivity index (χ0v) is 14.3. The van der Waals surface area contributed by atoms with Crippen LogP contribution in [-0.4, -0.2) is 52.9 Å².